The van der Waals surface area contributed by atoms with Gasteiger partial charge in [-0.2, -0.15) is 0 Å². The third-order valence-electron chi connectivity index (χ3n) is 3.59. The molecule has 7 nitrogen and oxygen atoms in total. The van der Waals surface area contributed by atoms with Crippen molar-refractivity contribution in [3.05, 3.63) is 28.3 Å². The van der Waals surface area contributed by atoms with E-state index in [-0.39, 0.29) is 17.4 Å². The van der Waals surface area contributed by atoms with Crippen molar-refractivity contribution in [2.75, 3.05) is 25.5 Å². The van der Waals surface area contributed by atoms with Crippen LogP contribution in [0.2, 0.25) is 0 Å². The lowest BCUT2D eigenvalue weighted by Gasteiger charge is -2.30. The first kappa shape index (κ1) is 15.1. The Morgan fingerprint density at radius 3 is 2.90 bits per heavy atom. The molecular weight excluding hydrogens is 274 g/mol. The number of anilines is 1. The van der Waals surface area contributed by atoms with Crippen molar-refractivity contribution in [1.82, 2.24) is 4.90 Å². The summed E-state index contributed by atoms with van der Waals surface area (Å²) in [6.07, 6.45) is 2.06. The molecule has 1 aromatic rings. The van der Waals surface area contributed by atoms with Gasteiger partial charge in [0, 0.05) is 13.1 Å². The monoisotopic (exact) mass is 293 g/mol. The molecule has 114 valence electrons. The highest BCUT2D eigenvalue weighted by Gasteiger charge is 2.23. The van der Waals surface area contributed by atoms with Crippen LogP contribution in [0, 0.1) is 16.0 Å². The van der Waals surface area contributed by atoms with Crippen molar-refractivity contribution in [1.29, 1.82) is 0 Å². The van der Waals surface area contributed by atoms with Gasteiger partial charge in [-0.3, -0.25) is 10.1 Å². The maximum atomic E-state index is 12.2. The van der Waals surface area contributed by atoms with Crippen LogP contribution in [-0.2, 0) is 0 Å². The Bertz CT molecular complexity index is 547. The number of carbonyl (C=O) groups excluding carboxylic acids is 1. The van der Waals surface area contributed by atoms with Crippen LogP contribution in [0.4, 0.5) is 16.2 Å². The van der Waals surface area contributed by atoms with Crippen LogP contribution in [0.5, 0.6) is 5.75 Å². The normalized spacial score (nSPS) is 18.2. The van der Waals surface area contributed by atoms with E-state index >= 15 is 0 Å². The first-order valence-corrected chi connectivity index (χ1v) is 6.89. The van der Waals surface area contributed by atoms with Gasteiger partial charge >= 0.3 is 6.03 Å². The number of rotatable bonds is 3. The SMILES string of the molecule is COc1ccc(NC(=O)N2CCC[C@@H](C)C2)c([N+](=O)[O-])c1. The standard InChI is InChI=1S/C14H19N3O4/c1-10-4-3-7-16(9-10)14(18)15-12-6-5-11(21-2)8-13(12)17(19)20/h5-6,8,10H,3-4,7,9H2,1-2H3,(H,15,18)/t10-/m1/s1. The number of benzene rings is 1. The number of nitro benzene ring substituents is 1. The van der Waals surface area contributed by atoms with Crippen molar-refractivity contribution in [3.8, 4) is 5.75 Å². The molecule has 21 heavy (non-hydrogen) atoms. The zero-order valence-corrected chi connectivity index (χ0v) is 12.2. The number of hydrogen-bond donors (Lipinski definition) is 1. The molecule has 1 aliphatic heterocycles. The van der Waals surface area contributed by atoms with Gasteiger partial charge in [0.05, 0.1) is 18.1 Å². The third-order valence-corrected chi connectivity index (χ3v) is 3.59. The number of nitrogens with one attached hydrogen (secondary N) is 1. The lowest BCUT2D eigenvalue weighted by Crippen LogP contribution is -2.41. The minimum absolute atomic E-state index is 0.173. The molecule has 1 saturated heterocycles. The summed E-state index contributed by atoms with van der Waals surface area (Å²) in [4.78, 5) is 24.5. The number of amides is 2. The van der Waals surface area contributed by atoms with Gasteiger partial charge in [-0.05, 0) is 30.9 Å². The van der Waals surface area contributed by atoms with Crippen LogP contribution in [0.1, 0.15) is 19.8 Å². The first-order valence-electron chi connectivity index (χ1n) is 6.89. The number of hydrogen-bond acceptors (Lipinski definition) is 4. The second kappa shape index (κ2) is 6.43. The van der Waals surface area contributed by atoms with Crippen LogP contribution < -0.4 is 10.1 Å². The van der Waals surface area contributed by atoms with Gasteiger partial charge in [-0.1, -0.05) is 6.92 Å². The topological polar surface area (TPSA) is 84.7 Å². The van der Waals surface area contributed by atoms with Crippen molar-refractivity contribution < 1.29 is 14.5 Å². The number of piperidine rings is 1. The number of methoxy groups -OCH3 is 1. The quantitative estimate of drug-likeness (QED) is 0.686. The van der Waals surface area contributed by atoms with E-state index < -0.39 is 4.92 Å². The number of nitrogens with zero attached hydrogens (tertiary/aromatic N) is 2. The Hall–Kier alpha value is -2.31. The minimum atomic E-state index is -0.531. The van der Waals surface area contributed by atoms with E-state index in [0.29, 0.717) is 24.8 Å². The summed E-state index contributed by atoms with van der Waals surface area (Å²) in [5, 5.41) is 13.7. The summed E-state index contributed by atoms with van der Waals surface area (Å²) in [6.45, 7) is 3.45. The van der Waals surface area contributed by atoms with Crippen molar-refractivity contribution >= 4 is 17.4 Å². The molecule has 2 rings (SSSR count). The van der Waals surface area contributed by atoms with Gasteiger partial charge in [-0.25, -0.2) is 4.79 Å². The largest absolute Gasteiger partial charge is 0.496 e. The van der Waals surface area contributed by atoms with Crippen LogP contribution in [0.3, 0.4) is 0 Å². The molecule has 0 spiro atoms. The van der Waals surface area contributed by atoms with Gasteiger partial charge in [0.2, 0.25) is 0 Å². The molecule has 2 amide bonds. The van der Waals surface area contributed by atoms with Gasteiger partial charge in [-0.15, -0.1) is 0 Å². The number of ether oxygens (including phenoxy) is 1. The zero-order chi connectivity index (χ0) is 15.4. The fourth-order valence-electron chi connectivity index (χ4n) is 2.46. The average Bonchev–Trinajstić information content (AvgIpc) is 2.47. The molecular formula is C14H19N3O4. The fraction of sp³-hybridized carbons (Fsp3) is 0.500. The van der Waals surface area contributed by atoms with Crippen molar-refractivity contribution in [2.24, 2.45) is 5.92 Å². The zero-order valence-electron chi connectivity index (χ0n) is 12.2. The number of nitro groups is 1. The predicted molar refractivity (Wildman–Crippen MR) is 78.6 cm³/mol. The highest BCUT2D eigenvalue weighted by Crippen LogP contribution is 2.29. The lowest BCUT2D eigenvalue weighted by atomic mass is 10.0. The van der Waals surface area contributed by atoms with E-state index in [0.717, 1.165) is 12.8 Å². The highest BCUT2D eigenvalue weighted by atomic mass is 16.6. The number of likely N-dealkylation sites (tertiary alicyclic amines) is 1. The molecule has 0 bridgehead atoms. The predicted octanol–water partition coefficient (Wildman–Crippen LogP) is 2.87. The molecule has 1 heterocycles. The summed E-state index contributed by atoms with van der Waals surface area (Å²) in [5.74, 6) is 0.835. The Morgan fingerprint density at radius 2 is 2.29 bits per heavy atom. The molecule has 0 aromatic heterocycles. The molecule has 1 atom stereocenters. The molecule has 0 saturated carbocycles. The highest BCUT2D eigenvalue weighted by molar-refractivity contribution is 5.92. The minimum Gasteiger partial charge on any atom is -0.496 e. The summed E-state index contributed by atoms with van der Waals surface area (Å²) in [6, 6.07) is 4.08. The summed E-state index contributed by atoms with van der Waals surface area (Å²) < 4.78 is 4.97. The molecule has 0 unspecified atom stereocenters. The lowest BCUT2D eigenvalue weighted by molar-refractivity contribution is -0.384. The second-order valence-corrected chi connectivity index (χ2v) is 5.26. The Balaban J connectivity index is 2.14. The number of carbonyl (C=O) groups is 1. The maximum absolute atomic E-state index is 12.2. The van der Waals surface area contributed by atoms with Crippen LogP contribution >= 0.6 is 0 Å². The molecule has 1 aromatic carbocycles. The Labute approximate surface area is 123 Å². The maximum Gasteiger partial charge on any atom is 0.322 e. The van der Waals surface area contributed by atoms with Gasteiger partial charge in [0.25, 0.3) is 5.69 Å². The summed E-state index contributed by atoms with van der Waals surface area (Å²) >= 11 is 0. The molecule has 1 N–H and O–H groups in total. The van der Waals surface area contributed by atoms with E-state index in [2.05, 4.69) is 12.2 Å². The van der Waals surface area contributed by atoms with Gasteiger partial charge in [0.1, 0.15) is 11.4 Å². The molecule has 7 heteroatoms. The molecule has 0 aliphatic carbocycles. The van der Waals surface area contributed by atoms with Crippen LogP contribution in [0.25, 0.3) is 0 Å². The molecule has 0 radical (unpaired) electrons. The van der Waals surface area contributed by atoms with Gasteiger partial charge < -0.3 is 15.0 Å². The van der Waals surface area contributed by atoms with Crippen molar-refractivity contribution in [2.45, 2.75) is 19.8 Å². The third kappa shape index (κ3) is 3.62. The first-order chi connectivity index (χ1) is 10.0. The van der Waals surface area contributed by atoms with E-state index in [9.17, 15) is 14.9 Å². The average molecular weight is 293 g/mol. The van der Waals surface area contributed by atoms with Crippen LogP contribution in [-0.4, -0.2) is 36.1 Å². The smallest absolute Gasteiger partial charge is 0.322 e. The van der Waals surface area contributed by atoms with Gasteiger partial charge in [0.15, 0.2) is 0 Å². The second-order valence-electron chi connectivity index (χ2n) is 5.26. The van der Waals surface area contributed by atoms with E-state index in [1.807, 2.05) is 0 Å². The van der Waals surface area contributed by atoms with E-state index in [1.54, 1.807) is 11.0 Å². The Morgan fingerprint density at radius 1 is 1.52 bits per heavy atom. The summed E-state index contributed by atoms with van der Waals surface area (Å²) in [7, 11) is 1.44. The van der Waals surface area contributed by atoms with Crippen LogP contribution in [0.15, 0.2) is 18.2 Å². The molecule has 1 aliphatic rings. The number of urea groups is 1. The summed E-state index contributed by atoms with van der Waals surface area (Å²) in [5.41, 5.74) is 0.0109. The van der Waals surface area contributed by atoms with E-state index in [1.165, 1.54) is 19.2 Å². The Kier molecular flexibility index (Phi) is 4.62. The van der Waals surface area contributed by atoms with Crippen molar-refractivity contribution in [3.63, 3.8) is 0 Å². The molecule has 1 fully saturated rings. The fourth-order valence-corrected chi connectivity index (χ4v) is 2.46. The van der Waals surface area contributed by atoms with E-state index in [4.69, 9.17) is 4.74 Å².